The van der Waals surface area contributed by atoms with Crippen LogP contribution in [-0.2, 0) is 6.42 Å². The van der Waals surface area contributed by atoms with E-state index in [0.717, 1.165) is 59.5 Å². The van der Waals surface area contributed by atoms with Crippen molar-refractivity contribution >= 4 is 37.7 Å². The topological polar surface area (TPSA) is 29.5 Å². The van der Waals surface area contributed by atoms with Crippen molar-refractivity contribution in [1.82, 2.24) is 0 Å². The Balaban J connectivity index is 0. The average molecular weight is 473 g/mol. The Bertz CT molecular complexity index is 723. The molecule has 0 fully saturated rings. The van der Waals surface area contributed by atoms with Gasteiger partial charge in [0.05, 0.1) is 0 Å². The van der Waals surface area contributed by atoms with Crippen molar-refractivity contribution in [3.8, 4) is 11.5 Å². The summed E-state index contributed by atoms with van der Waals surface area (Å²) in [7, 11) is 0. The molecule has 1 aromatic rings. The standard InChI is InChI=1S/C29H50O2.Ca.2H/c1-20(2)12-9-13-21(3)14-10-15-22(4)16-11-18-29(8)19-17-26-25(7)27(30)23(5)24(6)28(26)31-29;;;/h20-22,30H,9-19H2,1-8H3;;;/q;+2;2*-1/t21-,22-,29-;;;/m1.../s1. The fraction of sp³-hybridized carbons (Fsp3) is 0.793. The Kier molecular flexibility index (Phi) is 13.0. The summed E-state index contributed by atoms with van der Waals surface area (Å²) < 4.78 is 6.60. The van der Waals surface area contributed by atoms with Crippen LogP contribution in [0, 0.1) is 38.5 Å². The van der Waals surface area contributed by atoms with Crippen LogP contribution in [0.1, 0.15) is 124 Å². The number of hydrogen-bond donors (Lipinski definition) is 1. The summed E-state index contributed by atoms with van der Waals surface area (Å²) in [6, 6.07) is 0. The zero-order valence-corrected chi connectivity index (χ0v) is 24.8. The van der Waals surface area contributed by atoms with Crippen molar-refractivity contribution < 1.29 is 12.7 Å². The molecule has 0 amide bonds. The molecule has 1 aromatic carbocycles. The largest absolute Gasteiger partial charge is 2.00 e. The fourth-order valence-corrected chi connectivity index (χ4v) is 5.27. The molecule has 1 N–H and O–H groups in total. The van der Waals surface area contributed by atoms with E-state index >= 15 is 0 Å². The quantitative estimate of drug-likeness (QED) is 0.308. The second kappa shape index (κ2) is 13.8. The molecule has 1 aliphatic rings. The molecule has 0 spiro atoms. The molecule has 0 aromatic heterocycles. The van der Waals surface area contributed by atoms with Gasteiger partial charge >= 0.3 is 37.7 Å². The van der Waals surface area contributed by atoms with E-state index < -0.39 is 0 Å². The monoisotopic (exact) mass is 472 g/mol. The minimum absolute atomic E-state index is 0. The molecule has 0 saturated heterocycles. The maximum Gasteiger partial charge on any atom is 2.00 e. The molecule has 182 valence electrons. The van der Waals surface area contributed by atoms with Crippen LogP contribution in [0.5, 0.6) is 11.5 Å². The zero-order chi connectivity index (χ0) is 23.2. The van der Waals surface area contributed by atoms with Gasteiger partial charge in [-0.1, -0.05) is 72.6 Å². The van der Waals surface area contributed by atoms with E-state index in [1.165, 1.54) is 56.9 Å². The van der Waals surface area contributed by atoms with Gasteiger partial charge in [-0.3, -0.25) is 0 Å². The van der Waals surface area contributed by atoms with Gasteiger partial charge in [-0.15, -0.1) is 0 Å². The SMILES string of the molecule is Cc1c(C)c2c(c(C)c1O)CC[C@@](C)(CCC[C@H](C)CCC[C@H](C)CCCC(C)C)O2.[Ca+2].[H-].[H-]. The van der Waals surface area contributed by atoms with Crippen molar-refractivity contribution in [3.63, 3.8) is 0 Å². The van der Waals surface area contributed by atoms with Gasteiger partial charge in [0.15, 0.2) is 0 Å². The molecule has 1 heterocycles. The summed E-state index contributed by atoms with van der Waals surface area (Å²) in [5.74, 6) is 4.04. The van der Waals surface area contributed by atoms with Gasteiger partial charge in [-0.2, -0.15) is 0 Å². The van der Waals surface area contributed by atoms with E-state index in [1.807, 2.05) is 13.8 Å². The van der Waals surface area contributed by atoms with Crippen molar-refractivity contribution in [3.05, 3.63) is 22.3 Å². The molecule has 3 atom stereocenters. The smallest absolute Gasteiger partial charge is 1.00 e. The predicted molar refractivity (Wildman–Crippen MR) is 142 cm³/mol. The second-order valence-electron chi connectivity index (χ2n) is 11.4. The summed E-state index contributed by atoms with van der Waals surface area (Å²) in [4.78, 5) is 0. The molecular weight excluding hydrogens is 420 g/mol. The van der Waals surface area contributed by atoms with Gasteiger partial charge in [0.1, 0.15) is 17.1 Å². The van der Waals surface area contributed by atoms with Crippen LogP contribution in [0.25, 0.3) is 0 Å². The van der Waals surface area contributed by atoms with Crippen molar-refractivity contribution in [2.75, 3.05) is 0 Å². The number of benzene rings is 1. The average Bonchev–Trinajstić information content (AvgIpc) is 2.70. The Labute approximate surface area is 232 Å². The molecular formula is C29H52CaO2. The van der Waals surface area contributed by atoms with Crippen molar-refractivity contribution in [2.45, 2.75) is 132 Å². The first-order valence-corrected chi connectivity index (χ1v) is 13.0. The minimum atomic E-state index is -0.0712. The third-order valence-corrected chi connectivity index (χ3v) is 7.87. The molecule has 32 heavy (non-hydrogen) atoms. The van der Waals surface area contributed by atoms with Crippen LogP contribution >= 0.6 is 0 Å². The number of phenols is 1. The van der Waals surface area contributed by atoms with Crippen LogP contribution in [-0.4, -0.2) is 48.4 Å². The van der Waals surface area contributed by atoms with Gasteiger partial charge < -0.3 is 12.7 Å². The molecule has 0 saturated carbocycles. The molecule has 0 radical (unpaired) electrons. The van der Waals surface area contributed by atoms with E-state index in [1.54, 1.807) is 0 Å². The molecule has 2 nitrogen and oxygen atoms in total. The second-order valence-corrected chi connectivity index (χ2v) is 11.4. The number of phenolic OH excluding ortho intramolecular Hbond substituents is 1. The summed E-state index contributed by atoms with van der Waals surface area (Å²) in [5.41, 5.74) is 4.23. The zero-order valence-electron chi connectivity index (χ0n) is 24.6. The normalized spacial score (nSPS) is 19.8. The first-order valence-electron chi connectivity index (χ1n) is 13.0. The number of hydrogen-bond acceptors (Lipinski definition) is 2. The Hall–Kier alpha value is 0.0797. The van der Waals surface area contributed by atoms with Crippen molar-refractivity contribution in [1.29, 1.82) is 0 Å². The van der Waals surface area contributed by atoms with Gasteiger partial charge in [0.2, 0.25) is 0 Å². The predicted octanol–water partition coefficient (Wildman–Crippen LogP) is 8.68. The van der Waals surface area contributed by atoms with Gasteiger partial charge in [0, 0.05) is 5.56 Å². The van der Waals surface area contributed by atoms with Gasteiger partial charge in [0.25, 0.3) is 0 Å². The van der Waals surface area contributed by atoms with E-state index in [2.05, 4.69) is 41.5 Å². The third kappa shape index (κ3) is 8.70. The van der Waals surface area contributed by atoms with Crippen LogP contribution in [0.4, 0.5) is 0 Å². The van der Waals surface area contributed by atoms with E-state index in [9.17, 15) is 5.11 Å². The maximum absolute atomic E-state index is 10.4. The van der Waals surface area contributed by atoms with Gasteiger partial charge in [-0.25, -0.2) is 0 Å². The number of rotatable bonds is 12. The van der Waals surface area contributed by atoms with Crippen LogP contribution < -0.4 is 4.74 Å². The molecule has 2 rings (SSSR count). The molecule has 0 bridgehead atoms. The number of aromatic hydroxyl groups is 1. The number of fused-ring (bicyclic) bond motifs is 1. The fourth-order valence-electron chi connectivity index (χ4n) is 5.27. The van der Waals surface area contributed by atoms with Crippen LogP contribution in [0.15, 0.2) is 0 Å². The Morgan fingerprint density at radius 3 is 1.94 bits per heavy atom. The van der Waals surface area contributed by atoms with Crippen LogP contribution in [0.3, 0.4) is 0 Å². The first kappa shape index (κ1) is 30.1. The summed E-state index contributed by atoms with van der Waals surface area (Å²) in [6.45, 7) is 17.9. The molecule has 1 aliphatic heterocycles. The summed E-state index contributed by atoms with van der Waals surface area (Å²) >= 11 is 0. The van der Waals surface area contributed by atoms with Crippen LogP contribution in [0.2, 0.25) is 0 Å². The number of ether oxygens (including phenoxy) is 1. The maximum atomic E-state index is 10.4. The van der Waals surface area contributed by atoms with Crippen molar-refractivity contribution in [2.24, 2.45) is 17.8 Å². The Morgan fingerprint density at radius 2 is 1.38 bits per heavy atom. The van der Waals surface area contributed by atoms with Gasteiger partial charge in [-0.05, 0) is 87.8 Å². The molecule has 0 unspecified atom stereocenters. The minimum Gasteiger partial charge on any atom is -1.00 e. The van der Waals surface area contributed by atoms with E-state index in [-0.39, 0.29) is 46.2 Å². The summed E-state index contributed by atoms with van der Waals surface area (Å²) in [6.07, 6.45) is 14.1. The first-order chi connectivity index (χ1) is 14.5. The Morgan fingerprint density at radius 1 is 0.844 bits per heavy atom. The molecule has 0 aliphatic carbocycles. The van der Waals surface area contributed by atoms with E-state index in [4.69, 9.17) is 4.74 Å². The summed E-state index contributed by atoms with van der Waals surface area (Å²) in [5, 5.41) is 10.4. The molecule has 3 heteroatoms. The van der Waals surface area contributed by atoms with E-state index in [0.29, 0.717) is 5.75 Å². The third-order valence-electron chi connectivity index (χ3n) is 7.87.